The van der Waals surface area contributed by atoms with E-state index in [1.807, 2.05) is 6.92 Å². The third-order valence-electron chi connectivity index (χ3n) is 3.95. The molecule has 0 aliphatic heterocycles. The lowest BCUT2D eigenvalue weighted by atomic mass is 10.1. The third kappa shape index (κ3) is 17.3. The molecule has 2 nitrogen and oxygen atoms in total. The van der Waals surface area contributed by atoms with Gasteiger partial charge in [0.25, 0.3) is 0 Å². The molecule has 0 N–H and O–H groups in total. The van der Waals surface area contributed by atoms with Gasteiger partial charge in [-0.3, -0.25) is 4.79 Å². The summed E-state index contributed by atoms with van der Waals surface area (Å²) in [6.07, 6.45) is 22.0. The standard InChI is InChI=1S/C20H38O2/c1-3-5-6-7-8-9-10-11-12-13-14-15-16-17-18-19-20(21)22-4-2/h8-9H,3-7,10-19H2,1-2H3/b9-8-. The molecule has 0 fully saturated rings. The fraction of sp³-hybridized carbons (Fsp3) is 0.850. The van der Waals surface area contributed by atoms with Gasteiger partial charge in [0, 0.05) is 6.42 Å². The predicted molar refractivity (Wildman–Crippen MR) is 96.1 cm³/mol. The molecule has 22 heavy (non-hydrogen) atoms. The maximum absolute atomic E-state index is 11.1. The minimum Gasteiger partial charge on any atom is -0.466 e. The molecule has 0 aromatic carbocycles. The maximum atomic E-state index is 11.1. The van der Waals surface area contributed by atoms with Gasteiger partial charge in [-0.25, -0.2) is 0 Å². The Kier molecular flexibility index (Phi) is 17.6. The Hall–Kier alpha value is -0.790. The van der Waals surface area contributed by atoms with Crippen molar-refractivity contribution in [3.05, 3.63) is 12.2 Å². The summed E-state index contributed by atoms with van der Waals surface area (Å²) in [5.74, 6) is -0.0368. The molecule has 0 aliphatic rings. The molecule has 0 heterocycles. The van der Waals surface area contributed by atoms with Gasteiger partial charge in [-0.15, -0.1) is 0 Å². The summed E-state index contributed by atoms with van der Waals surface area (Å²) in [7, 11) is 0. The van der Waals surface area contributed by atoms with Crippen molar-refractivity contribution in [2.24, 2.45) is 0 Å². The first-order chi connectivity index (χ1) is 10.8. The number of carbonyl (C=O) groups excluding carboxylic acids is 1. The van der Waals surface area contributed by atoms with Crippen molar-refractivity contribution < 1.29 is 9.53 Å². The van der Waals surface area contributed by atoms with Crippen LogP contribution >= 0.6 is 0 Å². The molecule has 0 saturated carbocycles. The van der Waals surface area contributed by atoms with E-state index in [9.17, 15) is 4.79 Å². The van der Waals surface area contributed by atoms with Gasteiger partial charge in [0.2, 0.25) is 0 Å². The number of hydrogen-bond acceptors (Lipinski definition) is 2. The third-order valence-corrected chi connectivity index (χ3v) is 3.95. The number of hydrogen-bond donors (Lipinski definition) is 0. The second-order valence-corrected chi connectivity index (χ2v) is 6.14. The van der Waals surface area contributed by atoms with Crippen LogP contribution in [0.2, 0.25) is 0 Å². The molecule has 0 bridgehead atoms. The second kappa shape index (κ2) is 18.3. The van der Waals surface area contributed by atoms with Crippen LogP contribution in [-0.4, -0.2) is 12.6 Å². The zero-order valence-corrected chi connectivity index (χ0v) is 15.1. The molecule has 0 aromatic rings. The lowest BCUT2D eigenvalue weighted by Crippen LogP contribution is -2.03. The molecule has 0 aromatic heterocycles. The van der Waals surface area contributed by atoms with E-state index in [4.69, 9.17) is 4.74 Å². The van der Waals surface area contributed by atoms with Crippen LogP contribution in [0, 0.1) is 0 Å². The summed E-state index contributed by atoms with van der Waals surface area (Å²) in [5.41, 5.74) is 0. The first kappa shape index (κ1) is 21.2. The van der Waals surface area contributed by atoms with Gasteiger partial charge in [0.1, 0.15) is 0 Å². The number of unbranched alkanes of at least 4 members (excludes halogenated alkanes) is 11. The lowest BCUT2D eigenvalue weighted by Gasteiger charge is -2.02. The minimum absolute atomic E-state index is 0.0368. The monoisotopic (exact) mass is 310 g/mol. The predicted octanol–water partition coefficient (Wildman–Crippen LogP) is 6.59. The Bertz CT molecular complexity index is 258. The van der Waals surface area contributed by atoms with Crippen LogP contribution in [0.25, 0.3) is 0 Å². The molecule has 0 atom stereocenters. The van der Waals surface area contributed by atoms with E-state index in [0.29, 0.717) is 13.0 Å². The van der Waals surface area contributed by atoms with Crippen LogP contribution in [0.3, 0.4) is 0 Å². The number of allylic oxidation sites excluding steroid dienone is 2. The van der Waals surface area contributed by atoms with Crippen LogP contribution in [0.1, 0.15) is 104 Å². The molecule has 0 spiro atoms. The highest BCUT2D eigenvalue weighted by atomic mass is 16.5. The van der Waals surface area contributed by atoms with Crippen LogP contribution in [0.4, 0.5) is 0 Å². The molecule has 0 aliphatic carbocycles. The van der Waals surface area contributed by atoms with Gasteiger partial charge >= 0.3 is 5.97 Å². The Labute approximate surface area is 138 Å². The normalized spacial score (nSPS) is 11.2. The number of rotatable bonds is 16. The van der Waals surface area contributed by atoms with E-state index in [-0.39, 0.29) is 5.97 Å². The second-order valence-electron chi connectivity index (χ2n) is 6.14. The number of ether oxygens (including phenoxy) is 1. The molecular weight excluding hydrogens is 272 g/mol. The molecule has 0 saturated heterocycles. The highest BCUT2D eigenvalue weighted by molar-refractivity contribution is 5.69. The van der Waals surface area contributed by atoms with E-state index in [1.54, 1.807) is 0 Å². The SMILES string of the molecule is CCCCC/C=C\CCCCCCCCCCC(=O)OCC. The highest BCUT2D eigenvalue weighted by Gasteiger charge is 2.00. The minimum atomic E-state index is -0.0368. The van der Waals surface area contributed by atoms with Gasteiger partial charge in [-0.1, -0.05) is 70.4 Å². The topological polar surface area (TPSA) is 26.3 Å². The average molecular weight is 311 g/mol. The van der Waals surface area contributed by atoms with Crippen LogP contribution < -0.4 is 0 Å². The number of carbonyl (C=O) groups is 1. The van der Waals surface area contributed by atoms with Crippen molar-refractivity contribution in [3.8, 4) is 0 Å². The van der Waals surface area contributed by atoms with Crippen molar-refractivity contribution in [2.75, 3.05) is 6.61 Å². The van der Waals surface area contributed by atoms with Crippen molar-refractivity contribution in [1.29, 1.82) is 0 Å². The largest absolute Gasteiger partial charge is 0.466 e. The summed E-state index contributed by atoms with van der Waals surface area (Å²) in [6, 6.07) is 0. The summed E-state index contributed by atoms with van der Waals surface area (Å²) >= 11 is 0. The molecule has 0 rings (SSSR count). The Morgan fingerprint density at radius 2 is 1.23 bits per heavy atom. The Morgan fingerprint density at radius 1 is 0.727 bits per heavy atom. The zero-order chi connectivity index (χ0) is 16.3. The van der Waals surface area contributed by atoms with Gasteiger partial charge in [0.15, 0.2) is 0 Å². The van der Waals surface area contributed by atoms with Crippen molar-refractivity contribution in [3.63, 3.8) is 0 Å². The van der Waals surface area contributed by atoms with E-state index in [1.165, 1.54) is 77.0 Å². The molecule has 2 heteroatoms. The fourth-order valence-corrected chi connectivity index (χ4v) is 2.57. The lowest BCUT2D eigenvalue weighted by molar-refractivity contribution is -0.143. The Balaban J connectivity index is 3.09. The van der Waals surface area contributed by atoms with Crippen molar-refractivity contribution in [2.45, 2.75) is 104 Å². The van der Waals surface area contributed by atoms with Crippen LogP contribution in [0.15, 0.2) is 12.2 Å². The first-order valence-electron chi connectivity index (χ1n) is 9.61. The zero-order valence-electron chi connectivity index (χ0n) is 15.1. The quantitative estimate of drug-likeness (QED) is 0.183. The Morgan fingerprint density at radius 3 is 1.77 bits per heavy atom. The molecule has 0 amide bonds. The molecule has 0 radical (unpaired) electrons. The maximum Gasteiger partial charge on any atom is 0.305 e. The van der Waals surface area contributed by atoms with Gasteiger partial charge in [-0.2, -0.15) is 0 Å². The fourth-order valence-electron chi connectivity index (χ4n) is 2.57. The van der Waals surface area contributed by atoms with E-state index < -0.39 is 0 Å². The number of esters is 1. The summed E-state index contributed by atoms with van der Waals surface area (Å²) in [4.78, 5) is 11.1. The van der Waals surface area contributed by atoms with Crippen molar-refractivity contribution in [1.82, 2.24) is 0 Å². The summed E-state index contributed by atoms with van der Waals surface area (Å²) in [5, 5.41) is 0. The van der Waals surface area contributed by atoms with Crippen LogP contribution in [-0.2, 0) is 9.53 Å². The van der Waals surface area contributed by atoms with Gasteiger partial charge in [-0.05, 0) is 39.0 Å². The van der Waals surface area contributed by atoms with Gasteiger partial charge in [0.05, 0.1) is 6.61 Å². The summed E-state index contributed by atoms with van der Waals surface area (Å²) in [6.45, 7) is 4.62. The smallest absolute Gasteiger partial charge is 0.305 e. The first-order valence-corrected chi connectivity index (χ1v) is 9.61. The summed E-state index contributed by atoms with van der Waals surface area (Å²) < 4.78 is 4.92. The van der Waals surface area contributed by atoms with Crippen LogP contribution in [0.5, 0.6) is 0 Å². The average Bonchev–Trinajstić information content (AvgIpc) is 2.51. The van der Waals surface area contributed by atoms with Crippen molar-refractivity contribution >= 4 is 5.97 Å². The van der Waals surface area contributed by atoms with E-state index in [2.05, 4.69) is 19.1 Å². The molecule has 130 valence electrons. The molecular formula is C20H38O2. The highest BCUT2D eigenvalue weighted by Crippen LogP contribution is 2.11. The van der Waals surface area contributed by atoms with E-state index >= 15 is 0 Å². The van der Waals surface area contributed by atoms with E-state index in [0.717, 1.165) is 6.42 Å². The van der Waals surface area contributed by atoms with Gasteiger partial charge < -0.3 is 4.74 Å². The molecule has 0 unspecified atom stereocenters.